The number of halogens is 4. The van der Waals surface area contributed by atoms with Crippen LogP contribution in [0, 0.1) is 0 Å². The standard InChI is InChI=1S/C9H8Cl2O3.C8H6Cl2O3/c1-5(9(12)13)14-8-3-2-6(10)4-7(8)11;9-5-1-2-7(6(10)3-5)13-4-8(11)12/h2-5H,1H3,(H,12,13);1-3H,4H2,(H,11,12). The molecule has 0 aliphatic heterocycles. The van der Waals surface area contributed by atoms with Gasteiger partial charge in [-0.15, -0.1) is 0 Å². The zero-order chi connectivity index (χ0) is 20.6. The minimum absolute atomic E-state index is 0.297. The monoisotopic (exact) mass is 454 g/mol. The fraction of sp³-hybridized carbons (Fsp3) is 0.176. The fourth-order valence-electron chi connectivity index (χ4n) is 1.54. The molecule has 6 nitrogen and oxygen atoms in total. The zero-order valence-corrected chi connectivity index (χ0v) is 16.8. The highest BCUT2D eigenvalue weighted by molar-refractivity contribution is 6.36. The summed E-state index contributed by atoms with van der Waals surface area (Å²) in [4.78, 5) is 20.6. The Labute approximate surface area is 175 Å². The van der Waals surface area contributed by atoms with Crippen LogP contribution in [0.2, 0.25) is 20.1 Å². The van der Waals surface area contributed by atoms with Crippen LogP contribution in [0.1, 0.15) is 6.92 Å². The third kappa shape index (κ3) is 8.58. The lowest BCUT2D eigenvalue weighted by Gasteiger charge is -2.11. The van der Waals surface area contributed by atoms with Crippen LogP contribution >= 0.6 is 46.4 Å². The molecule has 0 bridgehead atoms. The molecule has 2 N–H and O–H groups in total. The molecule has 2 aromatic rings. The number of carboxylic acids is 2. The van der Waals surface area contributed by atoms with E-state index in [1.165, 1.54) is 31.2 Å². The van der Waals surface area contributed by atoms with Crippen LogP contribution in [0.4, 0.5) is 0 Å². The van der Waals surface area contributed by atoms with Crippen LogP contribution in [0.25, 0.3) is 0 Å². The van der Waals surface area contributed by atoms with Gasteiger partial charge in [0.05, 0.1) is 10.0 Å². The molecule has 146 valence electrons. The van der Waals surface area contributed by atoms with Crippen molar-refractivity contribution < 1.29 is 29.3 Å². The van der Waals surface area contributed by atoms with Crippen molar-refractivity contribution in [2.24, 2.45) is 0 Å². The van der Waals surface area contributed by atoms with Crippen molar-refractivity contribution in [3.05, 3.63) is 56.5 Å². The Kier molecular flexibility index (Phi) is 9.52. The average molecular weight is 456 g/mol. The second kappa shape index (κ2) is 11.1. The first kappa shape index (κ1) is 23.2. The van der Waals surface area contributed by atoms with Crippen molar-refractivity contribution in [2.75, 3.05) is 6.61 Å². The predicted molar refractivity (Wildman–Crippen MR) is 104 cm³/mol. The number of rotatable bonds is 6. The van der Waals surface area contributed by atoms with E-state index in [1.54, 1.807) is 12.1 Å². The van der Waals surface area contributed by atoms with Crippen LogP contribution in [0.15, 0.2) is 36.4 Å². The Balaban J connectivity index is 0.000000271. The van der Waals surface area contributed by atoms with Gasteiger partial charge in [0.15, 0.2) is 12.7 Å². The van der Waals surface area contributed by atoms with Crippen LogP contribution in [0.5, 0.6) is 11.5 Å². The third-order valence-corrected chi connectivity index (χ3v) is 3.85. The molecule has 1 atom stereocenters. The van der Waals surface area contributed by atoms with Crippen LogP contribution in [0.3, 0.4) is 0 Å². The summed E-state index contributed by atoms with van der Waals surface area (Å²) in [5, 5.41) is 18.5. The lowest BCUT2D eigenvalue weighted by atomic mass is 10.3. The molecule has 0 saturated heterocycles. The van der Waals surface area contributed by atoms with Gasteiger partial charge in [-0.05, 0) is 43.3 Å². The summed E-state index contributed by atoms with van der Waals surface area (Å²) in [5.41, 5.74) is 0. The largest absolute Gasteiger partial charge is 0.480 e. The van der Waals surface area contributed by atoms with Gasteiger partial charge in [-0.1, -0.05) is 46.4 Å². The lowest BCUT2D eigenvalue weighted by molar-refractivity contribution is -0.144. The number of hydrogen-bond acceptors (Lipinski definition) is 4. The topological polar surface area (TPSA) is 93.1 Å². The number of ether oxygens (including phenoxy) is 2. The Bertz CT molecular complexity index is 812. The first-order valence-electron chi connectivity index (χ1n) is 7.24. The number of carboxylic acid groups (broad SMARTS) is 2. The SMILES string of the molecule is CC(Oc1ccc(Cl)cc1Cl)C(=O)O.O=C(O)COc1ccc(Cl)cc1Cl. The Morgan fingerprint density at radius 2 is 1.41 bits per heavy atom. The maximum absolute atomic E-state index is 10.5. The van der Waals surface area contributed by atoms with Gasteiger partial charge in [-0.2, -0.15) is 0 Å². The van der Waals surface area contributed by atoms with Gasteiger partial charge in [0.2, 0.25) is 0 Å². The summed E-state index contributed by atoms with van der Waals surface area (Å²) in [7, 11) is 0. The quantitative estimate of drug-likeness (QED) is 0.613. The van der Waals surface area contributed by atoms with Crippen molar-refractivity contribution in [2.45, 2.75) is 13.0 Å². The zero-order valence-electron chi connectivity index (χ0n) is 13.8. The smallest absolute Gasteiger partial charge is 0.344 e. The van der Waals surface area contributed by atoms with E-state index in [2.05, 4.69) is 0 Å². The number of carbonyl (C=O) groups is 2. The molecule has 0 amide bonds. The van der Waals surface area contributed by atoms with Gasteiger partial charge in [0.25, 0.3) is 0 Å². The van der Waals surface area contributed by atoms with Crippen LogP contribution < -0.4 is 9.47 Å². The predicted octanol–water partition coefficient (Wildman–Crippen LogP) is 5.30. The molecular formula is C17H14Cl4O6. The molecular weight excluding hydrogens is 442 g/mol. The van der Waals surface area contributed by atoms with Crippen molar-refractivity contribution in [1.29, 1.82) is 0 Å². The molecule has 0 radical (unpaired) electrons. The Morgan fingerprint density at radius 1 is 0.926 bits per heavy atom. The van der Waals surface area contributed by atoms with E-state index in [1.807, 2.05) is 0 Å². The second-order valence-corrected chi connectivity index (χ2v) is 6.62. The molecule has 0 fully saturated rings. The summed E-state index contributed by atoms with van der Waals surface area (Å²) < 4.78 is 9.93. The Hall–Kier alpha value is -1.86. The van der Waals surface area contributed by atoms with Crippen molar-refractivity contribution >= 4 is 58.3 Å². The van der Waals surface area contributed by atoms with E-state index in [-0.39, 0.29) is 0 Å². The molecule has 0 saturated carbocycles. The summed E-state index contributed by atoms with van der Waals surface area (Å²) in [5.74, 6) is -1.47. The molecule has 27 heavy (non-hydrogen) atoms. The van der Waals surface area contributed by atoms with Gasteiger partial charge in [-0.3, -0.25) is 0 Å². The average Bonchev–Trinajstić information content (AvgIpc) is 2.57. The highest BCUT2D eigenvalue weighted by Gasteiger charge is 2.14. The molecule has 1 unspecified atom stereocenters. The van der Waals surface area contributed by atoms with Crippen LogP contribution in [-0.2, 0) is 9.59 Å². The van der Waals surface area contributed by atoms with Crippen molar-refractivity contribution in [3.63, 3.8) is 0 Å². The molecule has 0 aromatic heterocycles. The molecule has 2 rings (SSSR count). The molecule has 0 spiro atoms. The summed E-state index contributed by atoms with van der Waals surface area (Å²) in [6.07, 6.45) is -0.936. The van der Waals surface area contributed by atoms with E-state index in [9.17, 15) is 9.59 Å². The van der Waals surface area contributed by atoms with E-state index >= 15 is 0 Å². The second-order valence-electron chi connectivity index (χ2n) is 4.93. The molecule has 0 aliphatic carbocycles. The fourth-order valence-corrected chi connectivity index (χ4v) is 2.46. The van der Waals surface area contributed by atoms with E-state index < -0.39 is 24.6 Å². The van der Waals surface area contributed by atoms with Crippen molar-refractivity contribution in [1.82, 2.24) is 0 Å². The number of aliphatic carboxylic acids is 2. The summed E-state index contributed by atoms with van der Waals surface area (Å²) >= 11 is 22.8. The molecule has 0 aliphatic rings. The normalized spacial score (nSPS) is 11.0. The van der Waals surface area contributed by atoms with Gasteiger partial charge in [-0.25, -0.2) is 9.59 Å². The van der Waals surface area contributed by atoms with E-state index in [0.717, 1.165) is 0 Å². The van der Waals surface area contributed by atoms with Gasteiger partial charge in [0, 0.05) is 10.0 Å². The maximum Gasteiger partial charge on any atom is 0.344 e. The first-order chi connectivity index (χ1) is 12.6. The number of benzene rings is 2. The molecule has 2 aromatic carbocycles. The van der Waals surface area contributed by atoms with Gasteiger partial charge >= 0.3 is 11.9 Å². The third-order valence-electron chi connectivity index (χ3n) is 2.79. The maximum atomic E-state index is 10.5. The summed E-state index contributed by atoms with van der Waals surface area (Å²) in [6, 6.07) is 9.19. The highest BCUT2D eigenvalue weighted by Crippen LogP contribution is 2.28. The minimum atomic E-state index is -1.05. The van der Waals surface area contributed by atoms with E-state index in [0.29, 0.717) is 31.6 Å². The van der Waals surface area contributed by atoms with Crippen molar-refractivity contribution in [3.8, 4) is 11.5 Å². The Morgan fingerprint density at radius 3 is 1.81 bits per heavy atom. The summed E-state index contributed by atoms with van der Waals surface area (Å²) in [6.45, 7) is 1.01. The number of hydrogen-bond donors (Lipinski definition) is 2. The first-order valence-corrected chi connectivity index (χ1v) is 8.75. The van der Waals surface area contributed by atoms with Gasteiger partial charge in [0.1, 0.15) is 11.5 Å². The molecule has 0 heterocycles. The van der Waals surface area contributed by atoms with Gasteiger partial charge < -0.3 is 19.7 Å². The highest BCUT2D eigenvalue weighted by atomic mass is 35.5. The molecule has 10 heteroatoms. The lowest BCUT2D eigenvalue weighted by Crippen LogP contribution is -2.22. The minimum Gasteiger partial charge on any atom is -0.480 e. The van der Waals surface area contributed by atoms with Crippen LogP contribution in [-0.4, -0.2) is 34.9 Å². The van der Waals surface area contributed by atoms with E-state index in [4.69, 9.17) is 66.1 Å².